The van der Waals surface area contributed by atoms with Gasteiger partial charge in [0, 0.05) is 17.7 Å². The first kappa shape index (κ1) is 10.9. The van der Waals surface area contributed by atoms with Gasteiger partial charge in [0.1, 0.15) is 0 Å². The van der Waals surface area contributed by atoms with Gasteiger partial charge in [0.05, 0.1) is 12.7 Å². The molecule has 1 unspecified atom stereocenters. The summed E-state index contributed by atoms with van der Waals surface area (Å²) in [5.74, 6) is -0.619. The molecule has 5 nitrogen and oxygen atoms in total. The molecule has 1 heterocycles. The van der Waals surface area contributed by atoms with Crippen LogP contribution in [-0.2, 0) is 14.3 Å². The van der Waals surface area contributed by atoms with Gasteiger partial charge in [0.15, 0.2) is 12.0 Å². The molecule has 0 fully saturated rings. The molecule has 5 heteroatoms. The zero-order chi connectivity index (χ0) is 11.7. The number of nitrogens with one attached hydrogen (secondary N) is 1. The van der Waals surface area contributed by atoms with Crippen LogP contribution in [0.1, 0.15) is 19.3 Å². The third-order valence-electron chi connectivity index (χ3n) is 2.78. The Hall–Kier alpha value is -1.62. The number of hydrogen-bond acceptors (Lipinski definition) is 5. The number of carbonyl (C=O) groups excluding carboxylic acids is 2. The van der Waals surface area contributed by atoms with E-state index in [1.54, 1.807) is 0 Å². The van der Waals surface area contributed by atoms with Crippen LogP contribution in [0.15, 0.2) is 22.9 Å². The Bertz CT molecular complexity index is 408. The molecule has 0 radical (unpaired) electrons. The topological polar surface area (TPSA) is 75.6 Å². The lowest BCUT2D eigenvalue weighted by Gasteiger charge is -2.27. The van der Waals surface area contributed by atoms with Crippen molar-refractivity contribution in [1.29, 1.82) is 0 Å². The highest BCUT2D eigenvalue weighted by atomic mass is 16.5. The van der Waals surface area contributed by atoms with Crippen LogP contribution in [0, 0.1) is 0 Å². The Morgan fingerprint density at radius 2 is 2.31 bits per heavy atom. The van der Waals surface area contributed by atoms with Crippen molar-refractivity contribution in [2.45, 2.75) is 25.5 Å². The lowest BCUT2D eigenvalue weighted by molar-refractivity contribution is -0.137. The summed E-state index contributed by atoms with van der Waals surface area (Å²) >= 11 is 0. The minimum absolute atomic E-state index is 0.00190. The van der Waals surface area contributed by atoms with Crippen LogP contribution >= 0.6 is 0 Å². The molecule has 0 saturated carbocycles. The molecular formula is C11H13NO4. The van der Waals surface area contributed by atoms with Crippen molar-refractivity contribution in [2.24, 2.45) is 0 Å². The normalized spacial score (nSPS) is 24.5. The first-order valence-corrected chi connectivity index (χ1v) is 5.14. The number of aliphatic hydroxyl groups excluding tert-OH is 1. The molecule has 1 aliphatic carbocycles. The number of Topliss-reactive ketones (excluding diaryl/α,β-unsaturated/α-hetero) is 1. The van der Waals surface area contributed by atoms with E-state index in [9.17, 15) is 14.7 Å². The van der Waals surface area contributed by atoms with E-state index in [4.69, 9.17) is 0 Å². The molecule has 0 saturated heterocycles. The van der Waals surface area contributed by atoms with Crippen LogP contribution in [0.3, 0.4) is 0 Å². The van der Waals surface area contributed by atoms with Gasteiger partial charge in [-0.25, -0.2) is 4.79 Å². The molecule has 0 bridgehead atoms. The van der Waals surface area contributed by atoms with E-state index in [0.29, 0.717) is 12.0 Å². The third kappa shape index (κ3) is 1.74. The molecule has 0 aromatic rings. The van der Waals surface area contributed by atoms with Crippen molar-refractivity contribution in [2.75, 3.05) is 7.11 Å². The summed E-state index contributed by atoms with van der Waals surface area (Å²) in [5.41, 5.74) is 1.30. The minimum atomic E-state index is -1.09. The number of aliphatic hydroxyl groups is 1. The summed E-state index contributed by atoms with van der Waals surface area (Å²) in [6.45, 7) is 0. The summed E-state index contributed by atoms with van der Waals surface area (Å²) in [6, 6.07) is 0. The number of methoxy groups -OCH3 is 1. The number of ether oxygens (including phenoxy) is 1. The van der Waals surface area contributed by atoms with Gasteiger partial charge in [-0.15, -0.1) is 0 Å². The van der Waals surface area contributed by atoms with Crippen molar-refractivity contribution >= 4 is 11.8 Å². The standard InChI is InChI=1S/C11H13NO4/c1-16-11(15)7-5-6-8(12-10(7)14)3-2-4-9(6)13/h5,10,12,14H,2-4H2,1H3. The molecule has 16 heavy (non-hydrogen) atoms. The van der Waals surface area contributed by atoms with Crippen LogP contribution in [0.25, 0.3) is 0 Å². The van der Waals surface area contributed by atoms with Gasteiger partial charge < -0.3 is 15.2 Å². The molecule has 2 N–H and O–H groups in total. The average molecular weight is 223 g/mol. The van der Waals surface area contributed by atoms with Crippen LogP contribution in [0.2, 0.25) is 0 Å². The maximum Gasteiger partial charge on any atom is 0.338 e. The van der Waals surface area contributed by atoms with Crippen molar-refractivity contribution in [3.8, 4) is 0 Å². The van der Waals surface area contributed by atoms with E-state index in [-0.39, 0.29) is 11.4 Å². The summed E-state index contributed by atoms with van der Waals surface area (Å²) in [6.07, 6.45) is 2.34. The maximum absolute atomic E-state index is 11.6. The molecular weight excluding hydrogens is 210 g/mol. The quantitative estimate of drug-likeness (QED) is 0.613. The smallest absolute Gasteiger partial charge is 0.338 e. The van der Waals surface area contributed by atoms with Crippen LogP contribution in [0.5, 0.6) is 0 Å². The van der Waals surface area contributed by atoms with Gasteiger partial charge in [0.2, 0.25) is 0 Å². The van der Waals surface area contributed by atoms with Crippen molar-refractivity contribution in [1.82, 2.24) is 5.32 Å². The predicted molar refractivity (Wildman–Crippen MR) is 55.1 cm³/mol. The fourth-order valence-electron chi connectivity index (χ4n) is 1.95. The zero-order valence-corrected chi connectivity index (χ0v) is 8.95. The van der Waals surface area contributed by atoms with Gasteiger partial charge in [-0.1, -0.05) is 0 Å². The summed E-state index contributed by atoms with van der Waals surface area (Å²) in [7, 11) is 1.24. The van der Waals surface area contributed by atoms with Gasteiger partial charge in [-0.3, -0.25) is 4.79 Å². The highest BCUT2D eigenvalue weighted by Gasteiger charge is 2.30. The fourth-order valence-corrected chi connectivity index (χ4v) is 1.95. The Morgan fingerprint density at radius 3 is 3.00 bits per heavy atom. The molecule has 86 valence electrons. The monoisotopic (exact) mass is 223 g/mol. The summed E-state index contributed by atoms with van der Waals surface area (Å²) in [4.78, 5) is 22.9. The molecule has 2 aliphatic rings. The number of dihydropyridines is 1. The SMILES string of the molecule is COC(=O)C1=CC2=C(CCCC2=O)NC1O. The molecule has 0 aromatic carbocycles. The number of rotatable bonds is 1. The van der Waals surface area contributed by atoms with E-state index >= 15 is 0 Å². The maximum atomic E-state index is 11.6. The fraction of sp³-hybridized carbons (Fsp3) is 0.455. The van der Waals surface area contributed by atoms with Crippen molar-refractivity contribution in [3.63, 3.8) is 0 Å². The Morgan fingerprint density at radius 1 is 1.56 bits per heavy atom. The second kappa shape index (κ2) is 4.09. The molecule has 0 amide bonds. The minimum Gasteiger partial charge on any atom is -0.466 e. The third-order valence-corrected chi connectivity index (χ3v) is 2.78. The second-order valence-corrected chi connectivity index (χ2v) is 3.81. The largest absolute Gasteiger partial charge is 0.466 e. The van der Waals surface area contributed by atoms with Crippen molar-refractivity contribution < 1.29 is 19.4 Å². The molecule has 0 spiro atoms. The summed E-state index contributed by atoms with van der Waals surface area (Å²) in [5, 5.41) is 12.4. The van der Waals surface area contributed by atoms with Crippen LogP contribution < -0.4 is 5.32 Å². The number of allylic oxidation sites excluding steroid dienone is 3. The van der Waals surface area contributed by atoms with Gasteiger partial charge in [-0.2, -0.15) is 0 Å². The Balaban J connectivity index is 2.37. The molecule has 1 atom stereocenters. The molecule has 0 aromatic heterocycles. The van der Waals surface area contributed by atoms with Gasteiger partial charge >= 0.3 is 5.97 Å². The van der Waals surface area contributed by atoms with E-state index in [1.807, 2.05) is 0 Å². The number of ketones is 1. The average Bonchev–Trinajstić information content (AvgIpc) is 2.28. The summed E-state index contributed by atoms with van der Waals surface area (Å²) < 4.78 is 4.53. The van der Waals surface area contributed by atoms with E-state index < -0.39 is 12.2 Å². The highest BCUT2D eigenvalue weighted by molar-refractivity contribution is 6.02. The first-order valence-electron chi connectivity index (χ1n) is 5.14. The Kier molecular flexibility index (Phi) is 2.78. The zero-order valence-electron chi connectivity index (χ0n) is 8.95. The predicted octanol–water partition coefficient (Wildman–Crippen LogP) is 0.0145. The van der Waals surface area contributed by atoms with E-state index in [1.165, 1.54) is 13.2 Å². The van der Waals surface area contributed by atoms with E-state index in [2.05, 4.69) is 10.1 Å². The van der Waals surface area contributed by atoms with Gasteiger partial charge in [-0.05, 0) is 18.9 Å². The number of hydrogen-bond donors (Lipinski definition) is 2. The molecule has 1 aliphatic heterocycles. The lowest BCUT2D eigenvalue weighted by atomic mass is 9.90. The van der Waals surface area contributed by atoms with Gasteiger partial charge in [0.25, 0.3) is 0 Å². The van der Waals surface area contributed by atoms with Crippen LogP contribution in [-0.4, -0.2) is 30.2 Å². The highest BCUT2D eigenvalue weighted by Crippen LogP contribution is 2.27. The Labute approximate surface area is 92.8 Å². The molecule has 2 rings (SSSR count). The second-order valence-electron chi connectivity index (χ2n) is 3.81. The van der Waals surface area contributed by atoms with Crippen LogP contribution in [0.4, 0.5) is 0 Å². The lowest BCUT2D eigenvalue weighted by Crippen LogP contribution is -2.39. The van der Waals surface area contributed by atoms with Crippen molar-refractivity contribution in [3.05, 3.63) is 22.9 Å². The van der Waals surface area contributed by atoms with E-state index in [0.717, 1.165) is 18.5 Å². The number of esters is 1. The first-order chi connectivity index (χ1) is 7.63. The number of carbonyl (C=O) groups is 2.